The van der Waals surface area contributed by atoms with Crippen molar-refractivity contribution in [2.75, 3.05) is 0 Å². The molecular weight excluding hydrogens is 312 g/mol. The Morgan fingerprint density at radius 3 is 2.96 bits per heavy atom. The maximum absolute atomic E-state index is 12.3. The number of imidazole rings is 1. The van der Waals surface area contributed by atoms with Crippen LogP contribution in [-0.4, -0.2) is 20.3 Å². The first-order chi connectivity index (χ1) is 12.3. The summed E-state index contributed by atoms with van der Waals surface area (Å²) in [7, 11) is 0. The van der Waals surface area contributed by atoms with Crippen molar-refractivity contribution >= 4 is 22.5 Å². The Kier molecular flexibility index (Phi) is 3.06. The number of fused-ring (bicyclic) bond motifs is 4. The van der Waals surface area contributed by atoms with E-state index in [1.165, 1.54) is 0 Å². The average molecular weight is 328 g/mol. The molecule has 1 aliphatic rings. The largest absolute Gasteiger partial charge is 0.350 e. The number of hydrogen-bond donors (Lipinski definition) is 1. The Morgan fingerprint density at radius 2 is 2.00 bits per heavy atom. The van der Waals surface area contributed by atoms with Crippen LogP contribution < -0.4 is 5.32 Å². The summed E-state index contributed by atoms with van der Waals surface area (Å²) in [5, 5.41) is 4.05. The lowest BCUT2D eigenvalue weighted by Crippen LogP contribution is -2.21. The summed E-state index contributed by atoms with van der Waals surface area (Å²) in [6.07, 6.45) is 4.30. The second-order valence-corrected chi connectivity index (χ2v) is 6.37. The zero-order valence-electron chi connectivity index (χ0n) is 13.5. The molecule has 1 amide bonds. The number of para-hydroxylation sites is 1. The van der Waals surface area contributed by atoms with Gasteiger partial charge in [0.1, 0.15) is 5.65 Å². The highest BCUT2D eigenvalue weighted by molar-refractivity contribution is 5.81. The average Bonchev–Trinajstić information content (AvgIpc) is 2.94. The van der Waals surface area contributed by atoms with E-state index in [9.17, 15) is 4.79 Å². The van der Waals surface area contributed by atoms with Gasteiger partial charge in [0.15, 0.2) is 0 Å². The molecule has 5 nitrogen and oxygen atoms in total. The van der Waals surface area contributed by atoms with Crippen molar-refractivity contribution in [3.63, 3.8) is 0 Å². The molecule has 25 heavy (non-hydrogen) atoms. The molecule has 122 valence electrons. The first-order valence-corrected chi connectivity index (χ1v) is 8.37. The number of nitrogens with zero attached hydrogens (tertiary/aromatic N) is 3. The molecule has 0 radical (unpaired) electrons. The molecule has 0 aliphatic carbocycles. The van der Waals surface area contributed by atoms with E-state index < -0.39 is 0 Å². The molecule has 0 saturated carbocycles. The predicted molar refractivity (Wildman–Crippen MR) is 95.2 cm³/mol. The van der Waals surface area contributed by atoms with Crippen LogP contribution in [0.1, 0.15) is 29.3 Å². The first-order valence-electron chi connectivity index (χ1n) is 8.37. The van der Waals surface area contributed by atoms with Crippen LogP contribution in [0.5, 0.6) is 0 Å². The number of benzene rings is 1. The summed E-state index contributed by atoms with van der Waals surface area (Å²) in [5.74, 6) is -0.0205. The summed E-state index contributed by atoms with van der Waals surface area (Å²) in [6, 6.07) is 16.1. The molecule has 0 fully saturated rings. The molecule has 5 heteroatoms. The molecule has 1 aromatic carbocycles. The van der Waals surface area contributed by atoms with Crippen LogP contribution in [0.25, 0.3) is 16.6 Å². The van der Waals surface area contributed by atoms with Gasteiger partial charge in [-0.2, -0.15) is 0 Å². The minimum Gasteiger partial charge on any atom is -0.350 e. The highest BCUT2D eigenvalue weighted by Gasteiger charge is 2.29. The number of aromatic nitrogens is 3. The van der Waals surface area contributed by atoms with Crippen LogP contribution in [0, 0.1) is 0 Å². The van der Waals surface area contributed by atoms with E-state index in [1.54, 1.807) is 0 Å². The third kappa shape index (κ3) is 2.28. The molecule has 0 unspecified atom stereocenters. The number of carbonyl (C=O) groups is 1. The third-order valence-electron chi connectivity index (χ3n) is 4.83. The van der Waals surface area contributed by atoms with Crippen molar-refractivity contribution in [1.29, 1.82) is 0 Å². The van der Waals surface area contributed by atoms with Gasteiger partial charge in [-0.15, -0.1) is 0 Å². The minimum absolute atomic E-state index is 0.0424. The second kappa shape index (κ2) is 5.41. The van der Waals surface area contributed by atoms with Crippen molar-refractivity contribution in [1.82, 2.24) is 19.7 Å². The Hall–Kier alpha value is -3.21. The number of amides is 1. The number of rotatable bonds is 1. The molecule has 0 spiro atoms. The molecule has 4 aromatic rings. The van der Waals surface area contributed by atoms with Crippen molar-refractivity contribution in [2.24, 2.45) is 0 Å². The molecule has 0 bridgehead atoms. The van der Waals surface area contributed by atoms with Gasteiger partial charge in [-0.1, -0.05) is 24.3 Å². The highest BCUT2D eigenvalue weighted by atomic mass is 16.1. The molecular formula is C20H16N4O. The quantitative estimate of drug-likeness (QED) is 0.584. The lowest BCUT2D eigenvalue weighted by atomic mass is 9.92. The van der Waals surface area contributed by atoms with E-state index >= 15 is 0 Å². The van der Waals surface area contributed by atoms with E-state index in [0.717, 1.165) is 33.5 Å². The number of carbonyl (C=O) groups excluding carboxylic acids is 1. The van der Waals surface area contributed by atoms with E-state index in [0.29, 0.717) is 13.0 Å². The monoisotopic (exact) mass is 328 g/mol. The fraction of sp³-hybridized carbons (Fsp3) is 0.150. The molecule has 4 heterocycles. The van der Waals surface area contributed by atoms with Gasteiger partial charge in [-0.25, -0.2) is 4.98 Å². The third-order valence-corrected chi connectivity index (χ3v) is 4.83. The van der Waals surface area contributed by atoms with Crippen molar-refractivity contribution in [3.8, 4) is 0 Å². The van der Waals surface area contributed by atoms with E-state index in [2.05, 4.69) is 26.8 Å². The van der Waals surface area contributed by atoms with Gasteiger partial charge in [0.25, 0.3) is 0 Å². The topological polar surface area (TPSA) is 59.3 Å². The predicted octanol–water partition coefficient (Wildman–Crippen LogP) is 3.03. The number of nitrogens with one attached hydrogen (secondary N) is 1. The second-order valence-electron chi connectivity index (χ2n) is 6.37. The molecule has 0 saturated heterocycles. The van der Waals surface area contributed by atoms with Crippen LogP contribution >= 0.6 is 0 Å². The summed E-state index contributed by atoms with van der Waals surface area (Å²) < 4.78 is 2.09. The normalized spacial score (nSPS) is 17.3. The summed E-state index contributed by atoms with van der Waals surface area (Å²) >= 11 is 0. The van der Waals surface area contributed by atoms with Crippen LogP contribution in [0.2, 0.25) is 0 Å². The Bertz CT molecular complexity index is 1120. The van der Waals surface area contributed by atoms with Crippen LogP contribution in [0.3, 0.4) is 0 Å². The molecule has 1 N–H and O–H groups in total. The van der Waals surface area contributed by atoms with Gasteiger partial charge in [-0.3, -0.25) is 9.78 Å². The van der Waals surface area contributed by atoms with Crippen molar-refractivity contribution in [2.45, 2.75) is 18.9 Å². The van der Waals surface area contributed by atoms with Crippen LogP contribution in [0.4, 0.5) is 0 Å². The maximum atomic E-state index is 12.3. The minimum atomic E-state index is -0.0630. The van der Waals surface area contributed by atoms with Crippen molar-refractivity contribution in [3.05, 3.63) is 77.9 Å². The zero-order valence-corrected chi connectivity index (χ0v) is 13.5. The van der Waals surface area contributed by atoms with Gasteiger partial charge >= 0.3 is 0 Å². The van der Waals surface area contributed by atoms with Gasteiger partial charge in [-0.05, 0) is 29.8 Å². The standard InChI is InChI=1S/C20H16N4O/c25-19-10-15(14-9-13-5-1-2-6-16(13)21-11-14)20-17(12-22-19)23-18-7-3-4-8-24(18)20/h1-9,11,15H,10,12H2,(H,22,25)/t15-/m0/s1. The van der Waals surface area contributed by atoms with E-state index in [1.807, 2.05) is 48.8 Å². The van der Waals surface area contributed by atoms with Crippen LogP contribution in [-0.2, 0) is 11.3 Å². The Morgan fingerprint density at radius 1 is 1.12 bits per heavy atom. The molecule has 1 atom stereocenters. The van der Waals surface area contributed by atoms with E-state index in [-0.39, 0.29) is 11.8 Å². The zero-order chi connectivity index (χ0) is 16.8. The summed E-state index contributed by atoms with van der Waals surface area (Å²) in [5.41, 5.74) is 4.91. The fourth-order valence-corrected chi connectivity index (χ4v) is 3.65. The van der Waals surface area contributed by atoms with E-state index in [4.69, 9.17) is 4.98 Å². The van der Waals surface area contributed by atoms with Gasteiger partial charge in [0.05, 0.1) is 23.4 Å². The SMILES string of the molecule is O=C1C[C@@H](c2cnc3ccccc3c2)c2c(nc3ccccn23)CN1. The lowest BCUT2D eigenvalue weighted by molar-refractivity contribution is -0.121. The summed E-state index contributed by atoms with van der Waals surface area (Å²) in [6.45, 7) is 0.466. The number of pyridine rings is 2. The van der Waals surface area contributed by atoms with Crippen LogP contribution in [0.15, 0.2) is 60.9 Å². The Labute approximate surface area is 144 Å². The van der Waals surface area contributed by atoms with Gasteiger partial charge < -0.3 is 9.72 Å². The first kappa shape index (κ1) is 14.2. The molecule has 1 aliphatic heterocycles. The summed E-state index contributed by atoms with van der Waals surface area (Å²) in [4.78, 5) is 21.6. The highest BCUT2D eigenvalue weighted by Crippen LogP contribution is 2.33. The maximum Gasteiger partial charge on any atom is 0.221 e. The molecule has 5 rings (SSSR count). The lowest BCUT2D eigenvalue weighted by Gasteiger charge is -2.16. The van der Waals surface area contributed by atoms with Crippen molar-refractivity contribution < 1.29 is 4.79 Å². The molecule has 3 aromatic heterocycles. The van der Waals surface area contributed by atoms with Gasteiger partial charge in [0.2, 0.25) is 5.91 Å². The Balaban J connectivity index is 1.74. The van der Waals surface area contributed by atoms with Gasteiger partial charge in [0, 0.05) is 30.1 Å². The smallest absolute Gasteiger partial charge is 0.221 e. The number of hydrogen-bond acceptors (Lipinski definition) is 3. The fourth-order valence-electron chi connectivity index (χ4n) is 3.65.